The van der Waals surface area contributed by atoms with Crippen LogP contribution in [-0.2, 0) is 4.79 Å². The Morgan fingerprint density at radius 2 is 2.00 bits per heavy atom. The second kappa shape index (κ2) is 6.31. The van der Waals surface area contributed by atoms with Gasteiger partial charge in [0.1, 0.15) is 0 Å². The Balaban J connectivity index is 2.52. The van der Waals surface area contributed by atoms with Crippen LogP contribution in [0.5, 0.6) is 0 Å². The van der Waals surface area contributed by atoms with Crippen molar-refractivity contribution in [2.24, 2.45) is 0 Å². The van der Waals surface area contributed by atoms with Crippen LogP contribution in [0.25, 0.3) is 0 Å². The third-order valence-electron chi connectivity index (χ3n) is 2.67. The van der Waals surface area contributed by atoms with Crippen LogP contribution < -0.4 is 5.32 Å². The number of nitrogens with one attached hydrogen (secondary N) is 1. The monoisotopic (exact) mass is 219 g/mol. The zero-order valence-corrected chi connectivity index (χ0v) is 10.5. The topological polar surface area (TPSA) is 29.1 Å². The standard InChI is InChI=1S/C14H21NO/c1-4-5-6-7-14(16)15-13-10-11(2)8-9-12(13)3/h8-10H,4-7H2,1-3H3,(H,15,16). The van der Waals surface area contributed by atoms with Crippen LogP contribution in [0.15, 0.2) is 18.2 Å². The van der Waals surface area contributed by atoms with Crippen molar-refractivity contribution in [2.75, 3.05) is 5.32 Å². The Bertz CT molecular complexity index is 358. The van der Waals surface area contributed by atoms with Gasteiger partial charge in [-0.2, -0.15) is 0 Å². The molecule has 0 aliphatic carbocycles. The van der Waals surface area contributed by atoms with Gasteiger partial charge in [-0.3, -0.25) is 4.79 Å². The molecule has 0 unspecified atom stereocenters. The minimum Gasteiger partial charge on any atom is -0.326 e. The van der Waals surface area contributed by atoms with Crippen LogP contribution >= 0.6 is 0 Å². The number of anilines is 1. The fourth-order valence-electron chi connectivity index (χ4n) is 1.62. The van der Waals surface area contributed by atoms with Gasteiger partial charge in [0.15, 0.2) is 0 Å². The molecule has 2 nitrogen and oxygen atoms in total. The van der Waals surface area contributed by atoms with E-state index in [1.165, 1.54) is 5.56 Å². The van der Waals surface area contributed by atoms with Crippen LogP contribution in [0.3, 0.4) is 0 Å². The van der Waals surface area contributed by atoms with Crippen molar-refractivity contribution in [1.29, 1.82) is 0 Å². The van der Waals surface area contributed by atoms with Gasteiger partial charge in [-0.05, 0) is 37.5 Å². The quantitative estimate of drug-likeness (QED) is 0.749. The Morgan fingerprint density at radius 1 is 1.25 bits per heavy atom. The number of benzene rings is 1. The molecule has 0 fully saturated rings. The summed E-state index contributed by atoms with van der Waals surface area (Å²) in [4.78, 5) is 11.6. The molecule has 2 heteroatoms. The molecule has 0 aliphatic heterocycles. The van der Waals surface area contributed by atoms with Crippen molar-refractivity contribution in [1.82, 2.24) is 0 Å². The summed E-state index contributed by atoms with van der Waals surface area (Å²) < 4.78 is 0. The van der Waals surface area contributed by atoms with Crippen molar-refractivity contribution in [3.8, 4) is 0 Å². The lowest BCUT2D eigenvalue weighted by molar-refractivity contribution is -0.116. The molecule has 1 N–H and O–H groups in total. The van der Waals surface area contributed by atoms with Gasteiger partial charge in [0.25, 0.3) is 0 Å². The van der Waals surface area contributed by atoms with Crippen LogP contribution in [0.2, 0.25) is 0 Å². The molecular formula is C14H21NO. The van der Waals surface area contributed by atoms with Gasteiger partial charge in [-0.25, -0.2) is 0 Å². The second-order valence-electron chi connectivity index (χ2n) is 4.32. The normalized spacial score (nSPS) is 10.2. The third-order valence-corrected chi connectivity index (χ3v) is 2.67. The maximum absolute atomic E-state index is 11.6. The summed E-state index contributed by atoms with van der Waals surface area (Å²) in [7, 11) is 0. The first-order valence-electron chi connectivity index (χ1n) is 6.00. The summed E-state index contributed by atoms with van der Waals surface area (Å²) in [5.74, 6) is 0.127. The molecule has 1 amide bonds. The van der Waals surface area contributed by atoms with Gasteiger partial charge in [0.2, 0.25) is 5.91 Å². The first-order valence-corrected chi connectivity index (χ1v) is 6.00. The molecule has 0 aliphatic rings. The van der Waals surface area contributed by atoms with Crippen LogP contribution in [0.4, 0.5) is 5.69 Å². The highest BCUT2D eigenvalue weighted by Crippen LogP contribution is 2.16. The Kier molecular flexibility index (Phi) is 5.03. The van der Waals surface area contributed by atoms with E-state index in [9.17, 15) is 4.79 Å². The Labute approximate surface area is 98.1 Å². The number of amides is 1. The van der Waals surface area contributed by atoms with Crippen molar-refractivity contribution < 1.29 is 4.79 Å². The van der Waals surface area contributed by atoms with E-state index in [0.717, 1.165) is 30.5 Å². The summed E-state index contributed by atoms with van der Waals surface area (Å²) >= 11 is 0. The van der Waals surface area contributed by atoms with Crippen molar-refractivity contribution in [3.05, 3.63) is 29.3 Å². The SMILES string of the molecule is CCCCCC(=O)Nc1cc(C)ccc1C. The number of aryl methyl sites for hydroxylation is 2. The molecule has 88 valence electrons. The van der Waals surface area contributed by atoms with E-state index in [-0.39, 0.29) is 5.91 Å². The van der Waals surface area contributed by atoms with E-state index in [1.807, 2.05) is 26.0 Å². The fraction of sp³-hybridized carbons (Fsp3) is 0.500. The van der Waals surface area contributed by atoms with E-state index in [1.54, 1.807) is 0 Å². The van der Waals surface area contributed by atoms with E-state index in [4.69, 9.17) is 0 Å². The van der Waals surface area contributed by atoms with Gasteiger partial charge in [-0.1, -0.05) is 31.9 Å². The average molecular weight is 219 g/mol. The second-order valence-corrected chi connectivity index (χ2v) is 4.32. The van der Waals surface area contributed by atoms with Gasteiger partial charge < -0.3 is 5.32 Å². The highest BCUT2D eigenvalue weighted by Gasteiger charge is 2.04. The highest BCUT2D eigenvalue weighted by molar-refractivity contribution is 5.91. The van der Waals surface area contributed by atoms with Crippen LogP contribution in [-0.4, -0.2) is 5.91 Å². The molecule has 1 aromatic rings. The predicted octanol–water partition coefficient (Wildman–Crippen LogP) is 3.82. The molecule has 1 rings (SSSR count). The maximum Gasteiger partial charge on any atom is 0.224 e. The number of rotatable bonds is 5. The van der Waals surface area contributed by atoms with Crippen molar-refractivity contribution in [3.63, 3.8) is 0 Å². The molecule has 0 spiro atoms. The summed E-state index contributed by atoms with van der Waals surface area (Å²) in [6.07, 6.45) is 3.88. The number of unbranched alkanes of at least 4 members (excludes halogenated alkanes) is 2. The minimum absolute atomic E-state index is 0.127. The molecule has 0 atom stereocenters. The zero-order chi connectivity index (χ0) is 12.0. The van der Waals surface area contributed by atoms with E-state index in [2.05, 4.69) is 18.3 Å². The minimum atomic E-state index is 0.127. The zero-order valence-electron chi connectivity index (χ0n) is 10.5. The summed E-state index contributed by atoms with van der Waals surface area (Å²) in [6, 6.07) is 6.12. The van der Waals surface area contributed by atoms with Gasteiger partial charge in [0, 0.05) is 12.1 Å². The molecule has 0 radical (unpaired) electrons. The molecule has 0 saturated heterocycles. The summed E-state index contributed by atoms with van der Waals surface area (Å²) in [5.41, 5.74) is 3.24. The van der Waals surface area contributed by atoms with Gasteiger partial charge >= 0.3 is 0 Å². The first kappa shape index (κ1) is 12.8. The van der Waals surface area contributed by atoms with E-state index >= 15 is 0 Å². The molecule has 0 heterocycles. The van der Waals surface area contributed by atoms with Crippen molar-refractivity contribution >= 4 is 11.6 Å². The van der Waals surface area contributed by atoms with Gasteiger partial charge in [-0.15, -0.1) is 0 Å². The largest absolute Gasteiger partial charge is 0.326 e. The summed E-state index contributed by atoms with van der Waals surface area (Å²) in [5, 5.41) is 2.97. The number of hydrogen-bond donors (Lipinski definition) is 1. The molecule has 1 aromatic carbocycles. The van der Waals surface area contributed by atoms with Crippen LogP contribution in [0, 0.1) is 13.8 Å². The summed E-state index contributed by atoms with van der Waals surface area (Å²) in [6.45, 7) is 6.19. The highest BCUT2D eigenvalue weighted by atomic mass is 16.1. The smallest absolute Gasteiger partial charge is 0.224 e. The number of hydrogen-bond acceptors (Lipinski definition) is 1. The molecular weight excluding hydrogens is 198 g/mol. The third kappa shape index (κ3) is 4.05. The van der Waals surface area contributed by atoms with E-state index in [0.29, 0.717) is 6.42 Å². The van der Waals surface area contributed by atoms with Crippen molar-refractivity contribution in [2.45, 2.75) is 46.5 Å². The number of carbonyl (C=O) groups is 1. The Hall–Kier alpha value is -1.31. The van der Waals surface area contributed by atoms with E-state index < -0.39 is 0 Å². The molecule has 0 saturated carbocycles. The lowest BCUT2D eigenvalue weighted by Gasteiger charge is -2.09. The van der Waals surface area contributed by atoms with Gasteiger partial charge in [0.05, 0.1) is 0 Å². The Morgan fingerprint density at radius 3 is 2.69 bits per heavy atom. The fourth-order valence-corrected chi connectivity index (χ4v) is 1.62. The molecule has 16 heavy (non-hydrogen) atoms. The lowest BCUT2D eigenvalue weighted by Crippen LogP contribution is -2.12. The molecule has 0 aromatic heterocycles. The lowest BCUT2D eigenvalue weighted by atomic mass is 10.1. The molecule has 0 bridgehead atoms. The first-order chi connectivity index (χ1) is 7.63. The average Bonchev–Trinajstić information content (AvgIpc) is 2.24. The maximum atomic E-state index is 11.6. The predicted molar refractivity (Wildman–Crippen MR) is 68.7 cm³/mol. The number of carbonyl (C=O) groups excluding carboxylic acids is 1. The van der Waals surface area contributed by atoms with Crippen LogP contribution in [0.1, 0.15) is 43.7 Å².